The molecule has 37 heavy (non-hydrogen) atoms. The van der Waals surface area contributed by atoms with Crippen molar-refractivity contribution in [2.75, 3.05) is 19.7 Å². The Morgan fingerprint density at radius 2 is 1.92 bits per heavy atom. The van der Waals surface area contributed by atoms with Crippen molar-refractivity contribution in [3.8, 4) is 5.75 Å². The second-order valence-electron chi connectivity index (χ2n) is 8.51. The molecule has 3 amide bonds. The average Bonchev–Trinajstić information content (AvgIpc) is 3.52. The number of amides is 3. The van der Waals surface area contributed by atoms with Gasteiger partial charge in [0, 0.05) is 28.8 Å². The van der Waals surface area contributed by atoms with Crippen molar-refractivity contribution in [1.82, 2.24) is 15.5 Å². The third kappa shape index (κ3) is 8.20. The van der Waals surface area contributed by atoms with Gasteiger partial charge in [-0.05, 0) is 31.0 Å². The van der Waals surface area contributed by atoms with Gasteiger partial charge in [0.2, 0.25) is 17.7 Å². The summed E-state index contributed by atoms with van der Waals surface area (Å²) >= 11 is 1.24. The van der Waals surface area contributed by atoms with E-state index in [1.54, 1.807) is 23.6 Å². The number of rotatable bonds is 11. The number of hydrogen-bond donors (Lipinski definition) is 4. The molecule has 2 aromatic rings. The van der Waals surface area contributed by atoms with Crippen LogP contribution < -0.4 is 21.1 Å². The Hall–Kier alpha value is -3.61. The number of carbonyl (C=O) groups excluding carboxylic acids is 3. The number of nitrogen functional groups attached to an aromatic ring is 1. The number of nitrogens with one attached hydrogen (secondary N) is 3. The molecule has 13 heteroatoms. The molecule has 1 aromatic heterocycles. The van der Waals surface area contributed by atoms with E-state index in [9.17, 15) is 27.6 Å². The van der Waals surface area contributed by atoms with Crippen LogP contribution in [0.25, 0.3) is 0 Å². The standard InChI is InChI=1S/C24H28F3N5O4S/c25-24(26,27)16-10-19(23(35)31-11-18-9-15(14-37-18)22(28)29)32(13-16)21(34)12-30-20(33)7-4-8-36-17-5-2-1-3-6-17/h1-3,5-6,9,14,16,19H,4,7-8,10-13H2,(H3,28,29)(H,30,33)(H,31,35)/t16-,19+/m1/s1. The third-order valence-electron chi connectivity index (χ3n) is 5.79. The summed E-state index contributed by atoms with van der Waals surface area (Å²) in [7, 11) is 0. The molecular formula is C24H28F3N5O4S. The molecule has 1 saturated heterocycles. The monoisotopic (exact) mass is 539 g/mol. The van der Waals surface area contributed by atoms with Gasteiger partial charge in [-0.25, -0.2) is 0 Å². The first-order valence-electron chi connectivity index (χ1n) is 11.5. The molecular weight excluding hydrogens is 511 g/mol. The molecule has 2 atom stereocenters. The van der Waals surface area contributed by atoms with Crippen molar-refractivity contribution in [1.29, 1.82) is 5.41 Å². The van der Waals surface area contributed by atoms with Gasteiger partial charge in [0.1, 0.15) is 17.6 Å². The molecule has 1 aliphatic heterocycles. The molecule has 0 spiro atoms. The number of ether oxygens (including phenoxy) is 1. The highest BCUT2D eigenvalue weighted by Gasteiger charge is 2.50. The lowest BCUT2D eigenvalue weighted by molar-refractivity contribution is -0.171. The maximum Gasteiger partial charge on any atom is 0.393 e. The van der Waals surface area contributed by atoms with Crippen LogP contribution in [0.15, 0.2) is 41.8 Å². The van der Waals surface area contributed by atoms with Crippen LogP contribution >= 0.6 is 11.3 Å². The molecule has 0 unspecified atom stereocenters. The molecule has 2 heterocycles. The first kappa shape index (κ1) is 28.0. The van der Waals surface area contributed by atoms with Crippen molar-refractivity contribution in [2.45, 2.75) is 38.0 Å². The van der Waals surface area contributed by atoms with Crippen molar-refractivity contribution < 1.29 is 32.3 Å². The Balaban J connectivity index is 1.50. The lowest BCUT2D eigenvalue weighted by Crippen LogP contribution is -2.48. The molecule has 0 saturated carbocycles. The maximum atomic E-state index is 13.4. The number of thiophene rings is 1. The van der Waals surface area contributed by atoms with Gasteiger partial charge in [-0.15, -0.1) is 11.3 Å². The number of para-hydroxylation sites is 1. The molecule has 3 rings (SSSR count). The zero-order valence-electron chi connectivity index (χ0n) is 19.8. The molecule has 200 valence electrons. The molecule has 9 nitrogen and oxygen atoms in total. The fourth-order valence-electron chi connectivity index (χ4n) is 3.81. The highest BCUT2D eigenvalue weighted by Crippen LogP contribution is 2.36. The van der Waals surface area contributed by atoms with Crippen molar-refractivity contribution in [3.05, 3.63) is 52.2 Å². The SMILES string of the molecule is N=C(N)c1csc(CNC(=O)[C@@H]2C[C@@H](C(F)(F)F)CN2C(=O)CNC(=O)CCCOc2ccccc2)c1. The fraction of sp³-hybridized carbons (Fsp3) is 0.417. The minimum Gasteiger partial charge on any atom is -0.494 e. The van der Waals surface area contributed by atoms with E-state index in [1.807, 2.05) is 18.2 Å². The highest BCUT2D eigenvalue weighted by molar-refractivity contribution is 7.10. The van der Waals surface area contributed by atoms with Crippen molar-refractivity contribution in [2.24, 2.45) is 11.7 Å². The number of hydrogen-bond acceptors (Lipinski definition) is 6. The summed E-state index contributed by atoms with van der Waals surface area (Å²) in [4.78, 5) is 39.1. The molecule has 1 aliphatic rings. The van der Waals surface area contributed by atoms with Gasteiger partial charge in [-0.2, -0.15) is 13.2 Å². The Kier molecular flexibility index (Phi) is 9.50. The molecule has 0 radical (unpaired) electrons. The van der Waals surface area contributed by atoms with E-state index in [-0.39, 0.29) is 25.4 Å². The van der Waals surface area contributed by atoms with E-state index in [0.29, 0.717) is 22.6 Å². The molecule has 0 aliphatic carbocycles. The quantitative estimate of drug-likeness (QED) is 0.197. The summed E-state index contributed by atoms with van der Waals surface area (Å²) in [6.45, 7) is -0.868. The predicted octanol–water partition coefficient (Wildman–Crippen LogP) is 2.40. The summed E-state index contributed by atoms with van der Waals surface area (Å²) in [6.07, 6.45) is -4.68. The van der Waals surface area contributed by atoms with Gasteiger partial charge in [0.15, 0.2) is 0 Å². The number of halogens is 3. The minimum absolute atomic E-state index is 0.0216. The second-order valence-corrected chi connectivity index (χ2v) is 9.51. The van der Waals surface area contributed by atoms with Gasteiger partial charge >= 0.3 is 6.18 Å². The summed E-state index contributed by atoms with van der Waals surface area (Å²) in [5, 5.41) is 14.0. The van der Waals surface area contributed by atoms with E-state index >= 15 is 0 Å². The molecule has 1 fully saturated rings. The molecule has 1 aromatic carbocycles. The normalized spacial score (nSPS) is 17.3. The van der Waals surface area contributed by atoms with Crippen LogP contribution in [0, 0.1) is 11.3 Å². The number of nitrogens with two attached hydrogens (primary N) is 1. The van der Waals surface area contributed by atoms with Crippen molar-refractivity contribution in [3.63, 3.8) is 0 Å². The van der Waals surface area contributed by atoms with Crippen LogP contribution in [0.5, 0.6) is 5.75 Å². The summed E-state index contributed by atoms with van der Waals surface area (Å²) < 4.78 is 45.7. The molecule has 5 N–H and O–H groups in total. The number of likely N-dealkylation sites (tertiary alicyclic amines) is 1. The Morgan fingerprint density at radius 1 is 1.19 bits per heavy atom. The number of alkyl halides is 3. The number of benzene rings is 1. The van der Waals surface area contributed by atoms with Gasteiger partial charge in [0.25, 0.3) is 0 Å². The smallest absolute Gasteiger partial charge is 0.393 e. The Labute approximate surface area is 215 Å². The molecule has 0 bridgehead atoms. The van der Waals surface area contributed by atoms with Crippen LogP contribution in [0.1, 0.15) is 29.7 Å². The zero-order chi connectivity index (χ0) is 27.0. The number of carbonyl (C=O) groups is 3. The average molecular weight is 540 g/mol. The van der Waals surface area contributed by atoms with E-state index in [0.717, 1.165) is 4.90 Å². The predicted molar refractivity (Wildman–Crippen MR) is 131 cm³/mol. The first-order chi connectivity index (χ1) is 17.5. The van der Waals surface area contributed by atoms with Gasteiger partial charge in [-0.1, -0.05) is 18.2 Å². The van der Waals surface area contributed by atoms with E-state index < -0.39 is 55.4 Å². The topological polar surface area (TPSA) is 138 Å². The van der Waals surface area contributed by atoms with Gasteiger partial charge in [0.05, 0.1) is 25.6 Å². The third-order valence-corrected chi connectivity index (χ3v) is 6.72. The van der Waals surface area contributed by atoms with Crippen LogP contribution in [-0.2, 0) is 20.9 Å². The van der Waals surface area contributed by atoms with Gasteiger partial charge < -0.3 is 26.0 Å². The van der Waals surface area contributed by atoms with Crippen molar-refractivity contribution >= 4 is 34.9 Å². The summed E-state index contributed by atoms with van der Waals surface area (Å²) in [5.41, 5.74) is 5.89. The maximum absolute atomic E-state index is 13.4. The summed E-state index contributed by atoms with van der Waals surface area (Å²) in [6, 6.07) is 9.31. The lowest BCUT2D eigenvalue weighted by atomic mass is 10.0. The van der Waals surface area contributed by atoms with E-state index in [2.05, 4.69) is 10.6 Å². The van der Waals surface area contributed by atoms with Crippen LogP contribution in [-0.4, -0.2) is 60.4 Å². The lowest BCUT2D eigenvalue weighted by Gasteiger charge is -2.24. The van der Waals surface area contributed by atoms with Gasteiger partial charge in [-0.3, -0.25) is 19.8 Å². The highest BCUT2D eigenvalue weighted by atomic mass is 32.1. The Morgan fingerprint density at radius 3 is 2.57 bits per heavy atom. The minimum atomic E-state index is -4.57. The second kappa shape index (κ2) is 12.6. The Bertz CT molecular complexity index is 1110. The zero-order valence-corrected chi connectivity index (χ0v) is 20.7. The van der Waals surface area contributed by atoms with E-state index in [1.165, 1.54) is 11.3 Å². The first-order valence-corrected chi connectivity index (χ1v) is 12.4. The largest absolute Gasteiger partial charge is 0.494 e. The van der Waals surface area contributed by atoms with E-state index in [4.69, 9.17) is 15.9 Å². The number of amidine groups is 1. The van der Waals surface area contributed by atoms with Crippen LogP contribution in [0.3, 0.4) is 0 Å². The van der Waals surface area contributed by atoms with Crippen LogP contribution in [0.4, 0.5) is 13.2 Å². The fourth-order valence-corrected chi connectivity index (χ4v) is 4.63. The number of nitrogens with zero attached hydrogens (tertiary/aromatic N) is 1. The van der Waals surface area contributed by atoms with Crippen LogP contribution in [0.2, 0.25) is 0 Å². The summed E-state index contributed by atoms with van der Waals surface area (Å²) in [5.74, 6) is -3.26.